The first-order chi connectivity index (χ1) is 38.6. The predicted molar refractivity (Wildman–Crippen MR) is 336 cm³/mol. The Hall–Kier alpha value is -3.27. The van der Waals surface area contributed by atoms with Gasteiger partial charge in [-0.25, -0.2) is 4.79 Å². The zero-order valence-electron chi connectivity index (χ0n) is 52.3. The molecule has 0 aromatic heterocycles. The molecule has 0 bridgehead atoms. The van der Waals surface area contributed by atoms with Crippen LogP contribution in [0.25, 0.3) is 0 Å². The van der Waals surface area contributed by atoms with E-state index >= 15 is 0 Å². The van der Waals surface area contributed by atoms with E-state index in [1.54, 1.807) is 0 Å². The van der Waals surface area contributed by atoms with Gasteiger partial charge in [0.1, 0.15) is 13.2 Å². The number of aliphatic carboxylic acids is 1. The van der Waals surface area contributed by atoms with E-state index in [4.69, 9.17) is 18.9 Å². The second-order valence-corrected chi connectivity index (χ2v) is 23.4. The molecule has 0 aliphatic heterocycles. The molecular weight excluding hydrogens is 983 g/mol. The molecule has 2 atom stereocenters. The molecule has 0 spiro atoms. The fourth-order valence-electron chi connectivity index (χ4n) is 9.39. The number of carboxylic acid groups (broad SMARTS) is 1. The highest BCUT2D eigenvalue weighted by molar-refractivity contribution is 5.71. The number of hydrogen-bond acceptors (Lipinski definition) is 7. The summed E-state index contributed by atoms with van der Waals surface area (Å²) in [5.41, 5.74) is 0. The third-order valence-electron chi connectivity index (χ3n) is 14.4. The van der Waals surface area contributed by atoms with Gasteiger partial charge in [0.05, 0.1) is 34.4 Å². The maximum atomic E-state index is 12.9. The van der Waals surface area contributed by atoms with Gasteiger partial charge in [0.15, 0.2) is 6.10 Å². The molecule has 0 saturated carbocycles. The van der Waals surface area contributed by atoms with Crippen molar-refractivity contribution >= 4 is 17.9 Å². The number of rotatable bonds is 61. The van der Waals surface area contributed by atoms with Crippen LogP contribution in [0.3, 0.4) is 0 Å². The largest absolute Gasteiger partial charge is 0.477 e. The molecule has 2 unspecified atom stereocenters. The molecule has 9 heteroatoms. The minimum absolute atomic E-state index is 0.185. The standard InChI is InChI=1S/C70H125NO8/c1-6-8-10-12-14-16-18-20-22-24-26-28-30-32-33-34-35-37-38-40-42-44-46-48-50-52-54-56-58-60-67(72)77-64-66(65-78-70(69(74)75)76-63-62-71(3,4)5)79-68(73)61-59-57-55-53-51-49-47-45-43-41-39-36-31-29-27-25-23-21-19-17-15-13-11-9-7-2/h9,11,15,17,21,23-24,26-27,29,36,39,66,70H,6-8,10,12-14,16,18-20,22,25,28,30-35,37-38,40-65H2,1-5H3/p+1/b11-9-,17-15-,23-21-,26-24-,29-27-,39-36-. The van der Waals surface area contributed by atoms with Gasteiger partial charge < -0.3 is 28.5 Å². The Morgan fingerprint density at radius 2 is 0.722 bits per heavy atom. The van der Waals surface area contributed by atoms with Crippen LogP contribution in [-0.2, 0) is 33.3 Å². The van der Waals surface area contributed by atoms with Crippen LogP contribution < -0.4 is 0 Å². The Labute approximate surface area is 487 Å². The predicted octanol–water partition coefficient (Wildman–Crippen LogP) is 20.1. The third-order valence-corrected chi connectivity index (χ3v) is 14.4. The molecule has 0 saturated heterocycles. The zero-order chi connectivity index (χ0) is 57.6. The molecule has 0 radical (unpaired) electrons. The van der Waals surface area contributed by atoms with Gasteiger partial charge in [0.25, 0.3) is 6.29 Å². The SMILES string of the molecule is CC/C=C\C/C=C\C/C=C\C/C=C\C/C=C\CCCCCCCCCCCC(=O)OC(COC(=O)CCCCCCCCCCCCCCCCCCC/C=C\CCCCCCCCCC)COC(OCC[N+](C)(C)C)C(=O)O. The molecule has 1 N–H and O–H groups in total. The highest BCUT2D eigenvalue weighted by Crippen LogP contribution is 2.17. The van der Waals surface area contributed by atoms with E-state index in [0.717, 1.165) is 77.0 Å². The molecule has 458 valence electrons. The summed E-state index contributed by atoms with van der Waals surface area (Å²) in [7, 11) is 5.97. The van der Waals surface area contributed by atoms with Crippen molar-refractivity contribution < 1.29 is 42.9 Å². The van der Waals surface area contributed by atoms with Crippen molar-refractivity contribution in [2.45, 2.75) is 309 Å². The summed E-state index contributed by atoms with van der Waals surface area (Å²) in [6, 6.07) is 0. The van der Waals surface area contributed by atoms with Crippen molar-refractivity contribution in [3.8, 4) is 0 Å². The lowest BCUT2D eigenvalue weighted by Gasteiger charge is -2.25. The van der Waals surface area contributed by atoms with E-state index in [1.165, 1.54) is 186 Å². The van der Waals surface area contributed by atoms with E-state index in [-0.39, 0.29) is 32.2 Å². The Morgan fingerprint density at radius 1 is 0.392 bits per heavy atom. The Morgan fingerprint density at radius 3 is 1.09 bits per heavy atom. The summed E-state index contributed by atoms with van der Waals surface area (Å²) >= 11 is 0. The molecular formula is C70H126NO8+. The maximum Gasteiger partial charge on any atom is 0.361 e. The number of likely N-dealkylation sites (N-methyl/N-ethyl adjacent to an activating group) is 1. The summed E-state index contributed by atoms with van der Waals surface area (Å²) in [6.45, 7) is 4.79. The first kappa shape index (κ1) is 75.7. The maximum absolute atomic E-state index is 12.9. The Bertz CT molecular complexity index is 1520. The summed E-state index contributed by atoms with van der Waals surface area (Å²) < 4.78 is 23.0. The van der Waals surface area contributed by atoms with Gasteiger partial charge in [0, 0.05) is 12.8 Å². The minimum atomic E-state index is -1.51. The van der Waals surface area contributed by atoms with Gasteiger partial charge in [-0.15, -0.1) is 0 Å². The summed E-state index contributed by atoms with van der Waals surface area (Å²) in [5, 5.41) is 9.73. The van der Waals surface area contributed by atoms with Crippen molar-refractivity contribution in [3.05, 3.63) is 72.9 Å². The highest BCUT2D eigenvalue weighted by atomic mass is 16.7. The highest BCUT2D eigenvalue weighted by Gasteiger charge is 2.25. The first-order valence-corrected chi connectivity index (χ1v) is 33.1. The van der Waals surface area contributed by atoms with Crippen molar-refractivity contribution in [1.82, 2.24) is 0 Å². The molecule has 9 nitrogen and oxygen atoms in total. The van der Waals surface area contributed by atoms with Crippen LogP contribution in [0, 0.1) is 0 Å². The van der Waals surface area contributed by atoms with E-state index in [1.807, 2.05) is 21.1 Å². The number of ether oxygens (including phenoxy) is 4. The van der Waals surface area contributed by atoms with Crippen molar-refractivity contribution in [3.63, 3.8) is 0 Å². The second-order valence-electron chi connectivity index (χ2n) is 23.4. The Balaban J connectivity index is 4.15. The monoisotopic (exact) mass is 1110 g/mol. The number of carboxylic acids is 1. The summed E-state index contributed by atoms with van der Waals surface area (Å²) in [4.78, 5) is 37.6. The summed E-state index contributed by atoms with van der Waals surface area (Å²) in [6.07, 6.45) is 77.2. The number of nitrogens with zero attached hydrogens (tertiary/aromatic N) is 1. The average Bonchev–Trinajstić information content (AvgIpc) is 3.42. The molecule has 0 rings (SSSR count). The number of quaternary nitrogens is 1. The topological polar surface area (TPSA) is 108 Å². The molecule has 79 heavy (non-hydrogen) atoms. The molecule has 0 aromatic carbocycles. The zero-order valence-corrected chi connectivity index (χ0v) is 52.3. The summed E-state index contributed by atoms with van der Waals surface area (Å²) in [5.74, 6) is -2.00. The molecule has 0 fully saturated rings. The number of hydrogen-bond donors (Lipinski definition) is 1. The fraction of sp³-hybridized carbons (Fsp3) is 0.786. The fourth-order valence-corrected chi connectivity index (χ4v) is 9.39. The van der Waals surface area contributed by atoms with Crippen LogP contribution in [0.2, 0.25) is 0 Å². The third kappa shape index (κ3) is 62.2. The molecule has 0 aromatic rings. The van der Waals surface area contributed by atoms with E-state index in [0.29, 0.717) is 23.9 Å². The Kier molecular flexibility index (Phi) is 58.3. The van der Waals surface area contributed by atoms with Crippen molar-refractivity contribution in [1.29, 1.82) is 0 Å². The van der Waals surface area contributed by atoms with E-state index < -0.39 is 24.3 Å². The molecule has 0 amide bonds. The van der Waals surface area contributed by atoms with Crippen molar-refractivity contribution in [2.75, 3.05) is 47.5 Å². The molecule has 0 heterocycles. The lowest BCUT2D eigenvalue weighted by Crippen LogP contribution is -2.40. The van der Waals surface area contributed by atoms with Gasteiger partial charge in [-0.05, 0) is 83.5 Å². The van der Waals surface area contributed by atoms with Crippen LogP contribution in [0.15, 0.2) is 72.9 Å². The first-order valence-electron chi connectivity index (χ1n) is 33.1. The van der Waals surface area contributed by atoms with Crippen molar-refractivity contribution in [2.24, 2.45) is 0 Å². The quantitative estimate of drug-likeness (QED) is 0.0211. The average molecular weight is 1110 g/mol. The van der Waals surface area contributed by atoms with Gasteiger partial charge in [0.2, 0.25) is 0 Å². The van der Waals surface area contributed by atoms with Crippen LogP contribution in [0.1, 0.15) is 296 Å². The number of esters is 2. The number of unbranched alkanes of at least 4 members (excludes halogenated alkanes) is 34. The van der Waals surface area contributed by atoms with Crippen LogP contribution >= 0.6 is 0 Å². The molecule has 0 aliphatic carbocycles. The van der Waals surface area contributed by atoms with Crippen LogP contribution in [0.5, 0.6) is 0 Å². The number of carbonyl (C=O) groups excluding carboxylic acids is 2. The smallest absolute Gasteiger partial charge is 0.361 e. The minimum Gasteiger partial charge on any atom is -0.477 e. The lowest BCUT2D eigenvalue weighted by molar-refractivity contribution is -0.870. The number of allylic oxidation sites excluding steroid dienone is 12. The second kappa shape index (κ2) is 60.8. The van der Waals surface area contributed by atoms with E-state index in [2.05, 4.69) is 86.8 Å². The van der Waals surface area contributed by atoms with E-state index in [9.17, 15) is 19.5 Å². The van der Waals surface area contributed by atoms with Gasteiger partial charge in [-0.1, -0.05) is 273 Å². The molecule has 0 aliphatic rings. The van der Waals surface area contributed by atoms with Crippen LogP contribution in [0.4, 0.5) is 0 Å². The normalized spacial score (nSPS) is 13.2. The van der Waals surface area contributed by atoms with Crippen LogP contribution in [-0.4, -0.2) is 87.4 Å². The van der Waals surface area contributed by atoms with Gasteiger partial charge in [-0.2, -0.15) is 0 Å². The lowest BCUT2D eigenvalue weighted by atomic mass is 10.0. The number of carbonyl (C=O) groups is 3. The van der Waals surface area contributed by atoms with Gasteiger partial charge >= 0.3 is 17.9 Å². The van der Waals surface area contributed by atoms with Gasteiger partial charge in [-0.3, -0.25) is 9.59 Å².